The van der Waals surface area contributed by atoms with E-state index in [0.29, 0.717) is 0 Å². The zero-order chi connectivity index (χ0) is 9.54. The van der Waals surface area contributed by atoms with Crippen molar-refractivity contribution >= 4 is 17.0 Å². The van der Waals surface area contributed by atoms with Crippen molar-refractivity contribution in [2.75, 3.05) is 0 Å². The van der Waals surface area contributed by atoms with Crippen LogP contribution in [0.3, 0.4) is 0 Å². The molecule has 1 aromatic heterocycles. The van der Waals surface area contributed by atoms with E-state index >= 15 is 0 Å². The highest BCUT2D eigenvalue weighted by atomic mass is 15.0. The van der Waals surface area contributed by atoms with Gasteiger partial charge in [-0.1, -0.05) is 30.9 Å². The third-order valence-electron chi connectivity index (χ3n) is 2.78. The van der Waals surface area contributed by atoms with Gasteiger partial charge in [-0.25, -0.2) is 0 Å². The lowest BCUT2D eigenvalue weighted by Crippen LogP contribution is -1.93. The fraction of sp³-hybridized carbons (Fsp3) is 0.0769. The summed E-state index contributed by atoms with van der Waals surface area (Å²) in [4.78, 5) is 0. The molecule has 0 fully saturated rings. The van der Waals surface area contributed by atoms with Crippen LogP contribution in [0.15, 0.2) is 48.6 Å². The van der Waals surface area contributed by atoms with Gasteiger partial charge in [0.15, 0.2) is 0 Å². The van der Waals surface area contributed by atoms with E-state index in [1.54, 1.807) is 0 Å². The van der Waals surface area contributed by atoms with Gasteiger partial charge in [-0.3, -0.25) is 0 Å². The maximum absolute atomic E-state index is 3.80. The Morgan fingerprint density at radius 1 is 1.29 bits per heavy atom. The fourth-order valence-electron chi connectivity index (χ4n) is 2.07. The van der Waals surface area contributed by atoms with Crippen LogP contribution in [0.4, 0.5) is 0 Å². The number of hydrogen-bond donors (Lipinski definition) is 0. The molecule has 0 amide bonds. The van der Waals surface area contributed by atoms with Crippen LogP contribution in [0, 0.1) is 0 Å². The van der Waals surface area contributed by atoms with Crippen molar-refractivity contribution in [1.82, 2.24) is 4.57 Å². The van der Waals surface area contributed by atoms with Crippen LogP contribution < -0.4 is 0 Å². The van der Waals surface area contributed by atoms with Crippen LogP contribution in [0.2, 0.25) is 0 Å². The van der Waals surface area contributed by atoms with Gasteiger partial charge in [0.05, 0.1) is 0 Å². The molecule has 3 rings (SSSR count). The molecule has 1 aromatic carbocycles. The van der Waals surface area contributed by atoms with Crippen LogP contribution in [-0.4, -0.2) is 4.57 Å². The molecule has 1 nitrogen and oxygen atoms in total. The fourth-order valence-corrected chi connectivity index (χ4v) is 2.07. The molecule has 0 N–H and O–H groups in total. The van der Waals surface area contributed by atoms with Gasteiger partial charge in [0.1, 0.15) is 0 Å². The lowest BCUT2D eigenvalue weighted by Gasteiger charge is -2.00. The van der Waals surface area contributed by atoms with E-state index in [2.05, 4.69) is 47.6 Å². The van der Waals surface area contributed by atoms with Crippen LogP contribution >= 0.6 is 0 Å². The van der Waals surface area contributed by atoms with Crippen LogP contribution in [0.25, 0.3) is 17.0 Å². The molecule has 2 heterocycles. The second-order valence-electron chi connectivity index (χ2n) is 3.64. The molecule has 0 aliphatic carbocycles. The first-order valence-corrected chi connectivity index (χ1v) is 4.80. The Hall–Kier alpha value is -1.76. The maximum atomic E-state index is 3.80. The van der Waals surface area contributed by atoms with Gasteiger partial charge in [-0.15, -0.1) is 0 Å². The highest BCUT2D eigenvalue weighted by molar-refractivity contribution is 5.85. The molecule has 68 valence electrons. The SMILES string of the molecule is C=CC1=Cc2cc3ccccc3n2C1. The molecule has 0 radical (unpaired) electrons. The summed E-state index contributed by atoms with van der Waals surface area (Å²) in [5, 5.41) is 1.32. The van der Waals surface area contributed by atoms with Crippen molar-refractivity contribution in [1.29, 1.82) is 0 Å². The predicted molar refractivity (Wildman–Crippen MR) is 60.1 cm³/mol. The molecular weight excluding hydrogens is 170 g/mol. The van der Waals surface area contributed by atoms with Crippen molar-refractivity contribution in [3.05, 3.63) is 54.3 Å². The largest absolute Gasteiger partial charge is 0.336 e. The predicted octanol–water partition coefficient (Wildman–Crippen LogP) is 3.22. The summed E-state index contributed by atoms with van der Waals surface area (Å²) in [6.45, 7) is 4.77. The van der Waals surface area contributed by atoms with E-state index in [1.807, 2.05) is 6.08 Å². The Bertz CT molecular complexity index is 543. The molecule has 1 aliphatic rings. The topological polar surface area (TPSA) is 4.93 Å². The van der Waals surface area contributed by atoms with E-state index in [9.17, 15) is 0 Å². The minimum absolute atomic E-state index is 0.965. The van der Waals surface area contributed by atoms with E-state index < -0.39 is 0 Å². The summed E-state index contributed by atoms with van der Waals surface area (Å²) >= 11 is 0. The Kier molecular flexibility index (Phi) is 1.42. The number of rotatable bonds is 1. The zero-order valence-electron chi connectivity index (χ0n) is 7.90. The van der Waals surface area contributed by atoms with Crippen molar-refractivity contribution in [2.24, 2.45) is 0 Å². The third kappa shape index (κ3) is 0.896. The summed E-state index contributed by atoms with van der Waals surface area (Å²) in [6.07, 6.45) is 4.13. The zero-order valence-corrected chi connectivity index (χ0v) is 7.90. The first kappa shape index (κ1) is 7.63. The molecule has 2 aromatic rings. The van der Waals surface area contributed by atoms with Gasteiger partial charge in [0, 0.05) is 23.1 Å². The molecule has 1 aliphatic heterocycles. The van der Waals surface area contributed by atoms with Gasteiger partial charge in [0.2, 0.25) is 0 Å². The minimum atomic E-state index is 0.965. The monoisotopic (exact) mass is 181 g/mol. The number of nitrogens with zero attached hydrogens (tertiary/aromatic N) is 1. The highest BCUT2D eigenvalue weighted by Crippen LogP contribution is 2.27. The smallest absolute Gasteiger partial charge is 0.0488 e. The van der Waals surface area contributed by atoms with E-state index in [4.69, 9.17) is 0 Å². The van der Waals surface area contributed by atoms with Gasteiger partial charge in [0.25, 0.3) is 0 Å². The average Bonchev–Trinajstić information content (AvgIpc) is 2.73. The number of fused-ring (bicyclic) bond motifs is 3. The number of hydrogen-bond acceptors (Lipinski definition) is 0. The first-order chi connectivity index (χ1) is 6.88. The normalized spacial score (nSPS) is 14.1. The number of allylic oxidation sites excluding steroid dienone is 2. The van der Waals surface area contributed by atoms with Crippen molar-refractivity contribution < 1.29 is 0 Å². The highest BCUT2D eigenvalue weighted by Gasteiger charge is 2.12. The molecule has 0 unspecified atom stereocenters. The maximum Gasteiger partial charge on any atom is 0.0488 e. The summed E-state index contributed by atoms with van der Waals surface area (Å²) in [6, 6.07) is 10.7. The van der Waals surface area contributed by atoms with Gasteiger partial charge in [-0.05, 0) is 23.8 Å². The number of para-hydroxylation sites is 1. The summed E-state index contributed by atoms with van der Waals surface area (Å²) in [5.41, 5.74) is 3.91. The molecule has 0 saturated heterocycles. The molecule has 0 bridgehead atoms. The second-order valence-corrected chi connectivity index (χ2v) is 3.64. The Morgan fingerprint density at radius 2 is 2.14 bits per heavy atom. The van der Waals surface area contributed by atoms with Crippen molar-refractivity contribution in [3.63, 3.8) is 0 Å². The lowest BCUT2D eigenvalue weighted by molar-refractivity contribution is 0.861. The third-order valence-corrected chi connectivity index (χ3v) is 2.78. The number of aromatic nitrogens is 1. The summed E-state index contributed by atoms with van der Waals surface area (Å²) in [5.74, 6) is 0. The molecule has 0 atom stereocenters. The van der Waals surface area contributed by atoms with Gasteiger partial charge >= 0.3 is 0 Å². The second kappa shape index (κ2) is 2.61. The Morgan fingerprint density at radius 3 is 3.00 bits per heavy atom. The van der Waals surface area contributed by atoms with E-state index in [1.165, 1.54) is 22.2 Å². The molecule has 1 heteroatoms. The molecular formula is C13H11N. The molecule has 0 saturated carbocycles. The summed E-state index contributed by atoms with van der Waals surface area (Å²) in [7, 11) is 0. The Balaban J connectivity index is 2.29. The van der Waals surface area contributed by atoms with E-state index in [-0.39, 0.29) is 0 Å². The average molecular weight is 181 g/mol. The summed E-state index contributed by atoms with van der Waals surface area (Å²) < 4.78 is 2.33. The van der Waals surface area contributed by atoms with Crippen LogP contribution in [-0.2, 0) is 6.54 Å². The minimum Gasteiger partial charge on any atom is -0.336 e. The Labute approximate surface area is 83.0 Å². The van der Waals surface area contributed by atoms with E-state index in [0.717, 1.165) is 6.54 Å². The molecule has 0 spiro atoms. The lowest BCUT2D eigenvalue weighted by atomic mass is 10.2. The van der Waals surface area contributed by atoms with Crippen molar-refractivity contribution in [3.8, 4) is 0 Å². The molecule has 14 heavy (non-hydrogen) atoms. The standard InChI is InChI=1S/C13H11N/c1-2-10-7-12-8-11-5-3-4-6-13(11)14(12)9-10/h2-8H,1,9H2. The van der Waals surface area contributed by atoms with Crippen molar-refractivity contribution in [2.45, 2.75) is 6.54 Å². The quantitative estimate of drug-likeness (QED) is 0.636. The van der Waals surface area contributed by atoms with Crippen LogP contribution in [0.1, 0.15) is 5.69 Å². The first-order valence-electron chi connectivity index (χ1n) is 4.80. The van der Waals surface area contributed by atoms with Gasteiger partial charge in [-0.2, -0.15) is 0 Å². The number of benzene rings is 1. The van der Waals surface area contributed by atoms with Gasteiger partial charge < -0.3 is 4.57 Å². The van der Waals surface area contributed by atoms with Crippen LogP contribution in [0.5, 0.6) is 0 Å².